The predicted octanol–water partition coefficient (Wildman–Crippen LogP) is 1.63. The second-order valence-corrected chi connectivity index (χ2v) is 7.53. The molecule has 0 aromatic carbocycles. The minimum Gasteiger partial charge on any atom is -0.388 e. The zero-order chi connectivity index (χ0) is 20.9. The van der Waals surface area contributed by atoms with Crippen LogP contribution in [-0.2, 0) is 60.5 Å². The van der Waals surface area contributed by atoms with E-state index >= 15 is 0 Å². The van der Waals surface area contributed by atoms with E-state index in [0.29, 0.717) is 24.5 Å². The fourth-order valence-corrected chi connectivity index (χ4v) is 3.83. The van der Waals surface area contributed by atoms with E-state index < -0.39 is 29.3 Å². The first-order valence-corrected chi connectivity index (χ1v) is 9.56. The zero-order valence-corrected chi connectivity index (χ0v) is 20.3. The van der Waals surface area contributed by atoms with E-state index in [4.69, 9.17) is 24.6 Å². The van der Waals surface area contributed by atoms with Crippen molar-refractivity contribution in [3.05, 3.63) is 0 Å². The normalized spacial score (nSPS) is 36.8. The van der Waals surface area contributed by atoms with Crippen LogP contribution in [0.15, 0.2) is 0 Å². The Kier molecular flexibility index (Phi) is 10.6. The molecule has 0 radical (unpaired) electrons. The molecule has 2 aliphatic rings. The molecule has 170 valence electrons. The Morgan fingerprint density at radius 2 is 1.66 bits per heavy atom. The third-order valence-electron chi connectivity index (χ3n) is 5.93. The van der Waals surface area contributed by atoms with E-state index in [1.165, 1.54) is 0 Å². The number of hydrogen-bond acceptors (Lipinski definition) is 10. The smallest absolute Gasteiger partial charge is 0.249 e. The number of hydrogen-bond donors (Lipinski definition) is 2. The fraction of sp³-hybridized carbons (Fsp3) is 0.941. The molecule has 0 aromatic heterocycles. The average Bonchev–Trinajstić information content (AvgIpc) is 2.69. The minimum absolute atomic E-state index is 0. The van der Waals surface area contributed by atoms with Crippen LogP contribution in [0.2, 0.25) is 0 Å². The number of amides is 1. The molecule has 11 nitrogen and oxygen atoms in total. The van der Waals surface area contributed by atoms with Crippen molar-refractivity contribution in [1.29, 1.82) is 0 Å². The van der Waals surface area contributed by atoms with Gasteiger partial charge in [0.1, 0.15) is 17.2 Å². The second-order valence-electron chi connectivity index (χ2n) is 7.53. The van der Waals surface area contributed by atoms with E-state index in [-0.39, 0.29) is 45.9 Å². The van der Waals surface area contributed by atoms with Gasteiger partial charge < -0.3 is 5.11 Å². The molecule has 1 spiro atoms. The largest absolute Gasteiger partial charge is 0.388 e. The number of nitrogens with zero attached hydrogens (tertiary/aromatic N) is 1. The number of carbonyl (C=O) groups is 1. The van der Waals surface area contributed by atoms with Crippen molar-refractivity contribution in [1.82, 2.24) is 5.06 Å². The molecule has 1 saturated carbocycles. The molecule has 1 aliphatic carbocycles. The Hall–Kier alpha value is -0.202. The van der Waals surface area contributed by atoms with Crippen LogP contribution in [0.1, 0.15) is 53.9 Å². The summed E-state index contributed by atoms with van der Waals surface area (Å²) in [6.45, 7) is 9.63. The number of aliphatic hydroxyl groups is 1. The van der Waals surface area contributed by atoms with Gasteiger partial charge in [0.15, 0.2) is 6.10 Å². The van der Waals surface area contributed by atoms with E-state index in [0.717, 1.165) is 0 Å². The summed E-state index contributed by atoms with van der Waals surface area (Å²) in [5, 5.41) is 35.8. The maximum atomic E-state index is 11.7. The molecule has 0 bridgehead atoms. The topological polar surface area (TPSA) is 125 Å². The first-order valence-electron chi connectivity index (χ1n) is 9.56. The molecular weight excluding hydrogens is 562 g/mol. The van der Waals surface area contributed by atoms with Crippen molar-refractivity contribution >= 4 is 5.91 Å². The van der Waals surface area contributed by atoms with Gasteiger partial charge in [0.25, 0.3) is 0 Å². The summed E-state index contributed by atoms with van der Waals surface area (Å²) in [5.41, 5.74) is -2.52. The minimum atomic E-state index is -1.38. The molecule has 2 rings (SSSR count). The number of β-lactam (4-membered cyclic amide) rings is 1. The van der Waals surface area contributed by atoms with Gasteiger partial charge >= 0.3 is 0 Å². The van der Waals surface area contributed by atoms with Gasteiger partial charge in [0.05, 0.1) is 19.6 Å². The standard InChI is InChI=1S/C17H31NO10.W/c1-6-8-22-26-25-16(5)11(3)12(4)17(10-13(19)18(17)21)14(20)15(16)24-28-27-23-9-7-2;/h11-12,14-15,20-21H,6-10H2,1-5H3;/t11-,12+,14+,15-,16-,17?;/m0./s1. The van der Waals surface area contributed by atoms with Gasteiger partial charge in [-0.25, -0.2) is 14.8 Å². The summed E-state index contributed by atoms with van der Waals surface area (Å²) in [4.78, 5) is 32.1. The molecule has 0 aromatic rings. The Morgan fingerprint density at radius 1 is 1.07 bits per heavy atom. The van der Waals surface area contributed by atoms with Crippen LogP contribution < -0.4 is 0 Å². The first kappa shape index (κ1) is 26.8. The SMILES string of the molecule is CCCOOOO[C@H]1[C@@H](O)C2(CC(=O)N2O)[C@H](C)[C@H](C)[C@]1(C)OOOCCC.[W]. The van der Waals surface area contributed by atoms with Crippen LogP contribution in [0.4, 0.5) is 0 Å². The van der Waals surface area contributed by atoms with Crippen LogP contribution in [0.25, 0.3) is 0 Å². The van der Waals surface area contributed by atoms with Crippen molar-refractivity contribution in [2.75, 3.05) is 13.2 Å². The summed E-state index contributed by atoms with van der Waals surface area (Å²) in [5.74, 6) is -1.23. The molecule has 6 atom stereocenters. The molecule has 1 unspecified atom stereocenters. The van der Waals surface area contributed by atoms with Crippen molar-refractivity contribution in [3.8, 4) is 0 Å². The molecule has 2 fully saturated rings. The van der Waals surface area contributed by atoms with Crippen LogP contribution >= 0.6 is 0 Å². The molecule has 12 heteroatoms. The van der Waals surface area contributed by atoms with Gasteiger partial charge in [-0.2, -0.15) is 9.78 Å². The summed E-state index contributed by atoms with van der Waals surface area (Å²) < 4.78 is 0. The summed E-state index contributed by atoms with van der Waals surface area (Å²) in [6, 6.07) is 0. The second kappa shape index (κ2) is 11.4. The average molecular weight is 593 g/mol. The summed E-state index contributed by atoms with van der Waals surface area (Å²) in [6.07, 6.45) is -1.23. The van der Waals surface area contributed by atoms with Gasteiger partial charge in [-0.3, -0.25) is 10.0 Å². The maximum Gasteiger partial charge on any atom is 0.249 e. The van der Waals surface area contributed by atoms with E-state index in [9.17, 15) is 15.1 Å². The molecule has 29 heavy (non-hydrogen) atoms. The van der Waals surface area contributed by atoms with Crippen molar-refractivity contribution in [2.45, 2.75) is 77.2 Å². The predicted molar refractivity (Wildman–Crippen MR) is 90.4 cm³/mol. The van der Waals surface area contributed by atoms with E-state index in [1.54, 1.807) is 13.8 Å². The van der Waals surface area contributed by atoms with Gasteiger partial charge in [0, 0.05) is 21.1 Å². The molecule has 1 heterocycles. The van der Waals surface area contributed by atoms with Crippen molar-refractivity contribution in [3.63, 3.8) is 0 Å². The van der Waals surface area contributed by atoms with Gasteiger partial charge in [0.2, 0.25) is 5.91 Å². The molecule has 1 aliphatic heterocycles. The third kappa shape index (κ3) is 5.01. The number of aliphatic hydroxyl groups excluding tert-OH is 1. The monoisotopic (exact) mass is 593 g/mol. The maximum absolute atomic E-state index is 11.7. The van der Waals surface area contributed by atoms with Crippen LogP contribution in [0.3, 0.4) is 0 Å². The zero-order valence-electron chi connectivity index (χ0n) is 17.4. The van der Waals surface area contributed by atoms with Crippen molar-refractivity contribution < 1.29 is 70.8 Å². The first-order chi connectivity index (χ1) is 13.3. The molecule has 2 N–H and O–H groups in total. The quantitative estimate of drug-likeness (QED) is 0.120. The van der Waals surface area contributed by atoms with Crippen molar-refractivity contribution in [2.24, 2.45) is 11.8 Å². The molecular formula is C17H31NO10W. The van der Waals surface area contributed by atoms with E-state index in [2.05, 4.69) is 10.1 Å². The van der Waals surface area contributed by atoms with Gasteiger partial charge in [-0.15, -0.1) is 0 Å². The van der Waals surface area contributed by atoms with Crippen LogP contribution in [0.5, 0.6) is 0 Å². The number of carbonyl (C=O) groups excluding carboxylic acids is 1. The van der Waals surface area contributed by atoms with Crippen LogP contribution in [-0.4, -0.2) is 57.8 Å². The van der Waals surface area contributed by atoms with Gasteiger partial charge in [-0.05, 0) is 41.7 Å². The Balaban J connectivity index is 0.00000420. The van der Waals surface area contributed by atoms with Crippen LogP contribution in [0, 0.1) is 11.8 Å². The summed E-state index contributed by atoms with van der Waals surface area (Å²) >= 11 is 0. The third-order valence-corrected chi connectivity index (χ3v) is 5.93. The Labute approximate surface area is 184 Å². The Bertz CT molecular complexity index is 528. The number of rotatable bonds is 11. The van der Waals surface area contributed by atoms with E-state index in [1.807, 2.05) is 20.8 Å². The summed E-state index contributed by atoms with van der Waals surface area (Å²) in [7, 11) is 0. The van der Waals surface area contributed by atoms with Gasteiger partial charge in [-0.1, -0.05) is 32.7 Å². The fourth-order valence-electron chi connectivity index (χ4n) is 3.83. The Morgan fingerprint density at radius 3 is 2.17 bits per heavy atom. The number of hydroxylamine groups is 2. The molecule has 1 amide bonds. The molecule has 1 saturated heterocycles.